The lowest BCUT2D eigenvalue weighted by molar-refractivity contribution is 0.0681. The van der Waals surface area contributed by atoms with Gasteiger partial charge in [0.1, 0.15) is 0 Å². The zero-order chi connectivity index (χ0) is 11.7. The molecule has 2 aliphatic rings. The summed E-state index contributed by atoms with van der Waals surface area (Å²) < 4.78 is 0. The molecule has 2 nitrogen and oxygen atoms in total. The predicted molar refractivity (Wildman–Crippen MR) is 68.9 cm³/mol. The normalized spacial score (nSPS) is 26.8. The van der Waals surface area contributed by atoms with Crippen LogP contribution in [0.2, 0.25) is 0 Å². The second-order valence-corrected chi connectivity index (χ2v) is 5.42. The molecule has 0 spiro atoms. The van der Waals surface area contributed by atoms with Gasteiger partial charge in [0.2, 0.25) is 0 Å². The first-order valence-electron chi connectivity index (χ1n) is 6.85. The summed E-state index contributed by atoms with van der Waals surface area (Å²) in [5.41, 5.74) is 2.73. The molecule has 1 aromatic rings. The second-order valence-electron chi connectivity index (χ2n) is 5.42. The zero-order valence-electron chi connectivity index (χ0n) is 10.2. The molecule has 0 amide bonds. The maximum absolute atomic E-state index is 10.6. The highest BCUT2D eigenvalue weighted by molar-refractivity contribution is 5.33. The number of aliphatic hydroxyl groups excluding tert-OH is 1. The molecule has 0 radical (unpaired) electrons. The van der Waals surface area contributed by atoms with Crippen LogP contribution in [0.25, 0.3) is 0 Å². The van der Waals surface area contributed by atoms with Crippen LogP contribution in [0.4, 0.5) is 0 Å². The van der Waals surface area contributed by atoms with Crippen molar-refractivity contribution in [1.82, 2.24) is 5.32 Å². The lowest BCUT2D eigenvalue weighted by Gasteiger charge is -2.33. The second kappa shape index (κ2) is 4.79. The summed E-state index contributed by atoms with van der Waals surface area (Å²) in [4.78, 5) is 0. The Morgan fingerprint density at radius 3 is 2.76 bits per heavy atom. The Kier molecular flexibility index (Phi) is 3.17. The van der Waals surface area contributed by atoms with E-state index in [0.29, 0.717) is 5.92 Å². The quantitative estimate of drug-likeness (QED) is 0.819. The maximum Gasteiger partial charge on any atom is 0.0763 e. The van der Waals surface area contributed by atoms with Crippen molar-refractivity contribution in [2.24, 2.45) is 5.92 Å². The van der Waals surface area contributed by atoms with E-state index in [9.17, 15) is 5.11 Å². The molecular formula is C15H21NO. The van der Waals surface area contributed by atoms with Crippen LogP contribution in [0.15, 0.2) is 24.3 Å². The molecule has 3 rings (SSSR count). The average molecular weight is 231 g/mol. The Labute approximate surface area is 103 Å². The summed E-state index contributed by atoms with van der Waals surface area (Å²) in [7, 11) is 0. The third kappa shape index (κ3) is 2.12. The molecule has 1 aromatic carbocycles. The van der Waals surface area contributed by atoms with Gasteiger partial charge in [-0.2, -0.15) is 0 Å². The summed E-state index contributed by atoms with van der Waals surface area (Å²) >= 11 is 0. The number of hydrogen-bond acceptors (Lipinski definition) is 2. The fraction of sp³-hybridized carbons (Fsp3) is 0.600. The minimum absolute atomic E-state index is 0.156. The number of aliphatic hydroxyl groups is 1. The van der Waals surface area contributed by atoms with Gasteiger partial charge >= 0.3 is 0 Å². The van der Waals surface area contributed by atoms with Crippen molar-refractivity contribution in [1.29, 1.82) is 0 Å². The van der Waals surface area contributed by atoms with Gasteiger partial charge in [0, 0.05) is 0 Å². The molecule has 2 heteroatoms. The first-order valence-corrected chi connectivity index (χ1v) is 6.85. The first kappa shape index (κ1) is 11.2. The third-order valence-electron chi connectivity index (χ3n) is 4.37. The van der Waals surface area contributed by atoms with Crippen molar-refractivity contribution in [3.8, 4) is 0 Å². The monoisotopic (exact) mass is 231 g/mol. The van der Waals surface area contributed by atoms with E-state index in [1.807, 2.05) is 0 Å². The van der Waals surface area contributed by atoms with Gasteiger partial charge in [-0.3, -0.25) is 0 Å². The fourth-order valence-corrected chi connectivity index (χ4v) is 3.41. The van der Waals surface area contributed by atoms with E-state index in [0.717, 1.165) is 13.0 Å². The van der Waals surface area contributed by atoms with Crippen LogP contribution in [0.3, 0.4) is 0 Å². The van der Waals surface area contributed by atoms with Crippen molar-refractivity contribution >= 4 is 0 Å². The number of hydrogen-bond donors (Lipinski definition) is 2. The van der Waals surface area contributed by atoms with Crippen molar-refractivity contribution in [3.05, 3.63) is 35.4 Å². The van der Waals surface area contributed by atoms with E-state index in [1.165, 1.54) is 36.8 Å². The Hall–Kier alpha value is -0.860. The first-order chi connectivity index (χ1) is 8.36. The van der Waals surface area contributed by atoms with Gasteiger partial charge in [0.25, 0.3) is 0 Å². The van der Waals surface area contributed by atoms with Gasteiger partial charge in [0.05, 0.1) is 12.1 Å². The minimum Gasteiger partial charge on any atom is -0.391 e. The molecule has 17 heavy (non-hydrogen) atoms. The Morgan fingerprint density at radius 2 is 1.94 bits per heavy atom. The molecule has 2 N–H and O–H groups in total. The smallest absolute Gasteiger partial charge is 0.0763 e. The Bertz CT molecular complexity index is 384. The Morgan fingerprint density at radius 1 is 1.18 bits per heavy atom. The molecule has 1 saturated carbocycles. The maximum atomic E-state index is 10.6. The predicted octanol–water partition coefficient (Wildman–Crippen LogP) is 2.42. The summed E-state index contributed by atoms with van der Waals surface area (Å²) in [5.74, 6) is 0.499. The number of nitrogens with one attached hydrogen (secondary N) is 1. The third-order valence-corrected chi connectivity index (χ3v) is 4.37. The molecule has 2 atom stereocenters. The van der Waals surface area contributed by atoms with Crippen molar-refractivity contribution in [2.75, 3.05) is 6.54 Å². The van der Waals surface area contributed by atoms with Crippen LogP contribution >= 0.6 is 0 Å². The average Bonchev–Trinajstić information content (AvgIpc) is 2.91. The van der Waals surface area contributed by atoms with E-state index < -0.39 is 0 Å². The van der Waals surface area contributed by atoms with Gasteiger partial charge < -0.3 is 10.4 Å². The summed E-state index contributed by atoms with van der Waals surface area (Å²) in [6, 6.07) is 8.71. The van der Waals surface area contributed by atoms with Gasteiger partial charge in [0.15, 0.2) is 0 Å². The highest BCUT2D eigenvalue weighted by Gasteiger charge is 2.32. The van der Waals surface area contributed by atoms with Crippen LogP contribution < -0.4 is 5.32 Å². The number of rotatable bonds is 2. The van der Waals surface area contributed by atoms with Crippen LogP contribution in [-0.4, -0.2) is 17.8 Å². The standard InChI is InChI=1S/C15H21NO/c17-15(12-6-1-2-7-12)14-13-8-4-3-5-11(13)9-10-16-14/h3-5,8,12,14-17H,1-2,6-7,9-10H2. The molecule has 1 heterocycles. The number of benzene rings is 1. The van der Waals surface area contributed by atoms with Crippen molar-refractivity contribution < 1.29 is 5.11 Å². The summed E-state index contributed by atoms with van der Waals surface area (Å²) in [6.07, 6.45) is 5.85. The fourth-order valence-electron chi connectivity index (χ4n) is 3.41. The molecule has 1 aliphatic carbocycles. The van der Waals surface area contributed by atoms with Gasteiger partial charge in [-0.05, 0) is 42.9 Å². The van der Waals surface area contributed by atoms with Crippen LogP contribution in [-0.2, 0) is 6.42 Å². The van der Waals surface area contributed by atoms with Crippen molar-refractivity contribution in [2.45, 2.75) is 44.2 Å². The molecule has 1 aliphatic heterocycles. The van der Waals surface area contributed by atoms with E-state index >= 15 is 0 Å². The minimum atomic E-state index is -0.209. The van der Waals surface area contributed by atoms with E-state index in [4.69, 9.17) is 0 Å². The molecule has 2 unspecified atom stereocenters. The zero-order valence-corrected chi connectivity index (χ0v) is 10.2. The summed E-state index contributed by atoms with van der Waals surface area (Å²) in [6.45, 7) is 0.992. The van der Waals surface area contributed by atoms with E-state index in [1.54, 1.807) is 0 Å². The molecule has 0 saturated heterocycles. The lowest BCUT2D eigenvalue weighted by Crippen LogP contribution is -2.40. The van der Waals surface area contributed by atoms with Gasteiger partial charge in [-0.15, -0.1) is 0 Å². The Balaban J connectivity index is 1.84. The van der Waals surface area contributed by atoms with E-state index in [2.05, 4.69) is 29.6 Å². The molecular weight excluding hydrogens is 210 g/mol. The molecule has 0 bridgehead atoms. The lowest BCUT2D eigenvalue weighted by atomic mass is 9.85. The van der Waals surface area contributed by atoms with Crippen LogP contribution in [0.1, 0.15) is 42.9 Å². The highest BCUT2D eigenvalue weighted by Crippen LogP contribution is 2.35. The highest BCUT2D eigenvalue weighted by atomic mass is 16.3. The summed E-state index contributed by atoms with van der Waals surface area (Å²) in [5, 5.41) is 14.1. The molecule has 0 aromatic heterocycles. The van der Waals surface area contributed by atoms with Crippen molar-refractivity contribution in [3.63, 3.8) is 0 Å². The van der Waals surface area contributed by atoms with Crippen LogP contribution in [0, 0.1) is 5.92 Å². The molecule has 1 fully saturated rings. The van der Waals surface area contributed by atoms with E-state index in [-0.39, 0.29) is 12.1 Å². The molecule has 92 valence electrons. The SMILES string of the molecule is OC(C1CCCC1)C1NCCc2ccccc21. The largest absolute Gasteiger partial charge is 0.391 e. The topological polar surface area (TPSA) is 32.3 Å². The number of fused-ring (bicyclic) bond motifs is 1. The van der Waals surface area contributed by atoms with Crippen LogP contribution in [0.5, 0.6) is 0 Å². The van der Waals surface area contributed by atoms with Gasteiger partial charge in [-0.1, -0.05) is 37.1 Å². The van der Waals surface area contributed by atoms with Gasteiger partial charge in [-0.25, -0.2) is 0 Å².